The van der Waals surface area contributed by atoms with Gasteiger partial charge >= 0.3 is 13.7 Å². The highest BCUT2D eigenvalue weighted by atomic mass is 35.5. The Balaban J connectivity index is 1.82. The average molecular weight is 484 g/mol. The molecule has 0 aromatic carbocycles. The third kappa shape index (κ3) is 4.57. The minimum Gasteiger partial charge on any atom is -0.480 e. The van der Waals surface area contributed by atoms with Gasteiger partial charge in [0.1, 0.15) is 18.2 Å². The first kappa shape index (κ1) is 23.5. The second kappa shape index (κ2) is 8.43. The van der Waals surface area contributed by atoms with E-state index in [1.54, 1.807) is 7.05 Å². The molecule has 1 unspecified atom stereocenters. The molecular weight excluding hydrogens is 464 g/mol. The topological polar surface area (TPSA) is 207 Å². The second-order valence-electron chi connectivity index (χ2n) is 6.66. The third-order valence-electron chi connectivity index (χ3n) is 4.45. The van der Waals surface area contributed by atoms with Crippen LogP contribution in [0.15, 0.2) is 6.33 Å². The lowest BCUT2D eigenvalue weighted by Gasteiger charge is -2.22. The molecule has 0 aliphatic carbocycles. The normalized spacial score (nSPS) is 29.0. The SMILES string of the molecule is CNc1nc(N)nc2c1ncn2[C@@H]1O[C@H](COP(=O)(O)N[C@@H](C)C(=O)O)[C@@H](O)[C@]1(F)Cl. The maximum absolute atomic E-state index is 15.2. The largest absolute Gasteiger partial charge is 0.480 e. The number of imidazole rings is 1. The number of nitrogen functional groups attached to an aromatic ring is 1. The number of carbonyl (C=O) groups is 1. The molecule has 0 bridgehead atoms. The summed E-state index contributed by atoms with van der Waals surface area (Å²) in [6.07, 6.45) is -3.98. The Bertz CT molecular complexity index is 1040. The van der Waals surface area contributed by atoms with Gasteiger partial charge in [0.05, 0.1) is 12.9 Å². The summed E-state index contributed by atoms with van der Waals surface area (Å²) in [6.45, 7) is 0.336. The van der Waals surface area contributed by atoms with E-state index in [2.05, 4.69) is 20.3 Å². The lowest BCUT2D eigenvalue weighted by atomic mass is 10.1. The molecule has 0 saturated carbocycles. The van der Waals surface area contributed by atoms with Crippen molar-refractivity contribution in [2.45, 2.75) is 36.5 Å². The molecule has 7 N–H and O–H groups in total. The first-order chi connectivity index (χ1) is 14.4. The number of halogens is 2. The lowest BCUT2D eigenvalue weighted by molar-refractivity contribution is -0.138. The molecule has 17 heteroatoms. The van der Waals surface area contributed by atoms with Crippen molar-refractivity contribution in [1.29, 1.82) is 0 Å². The Kier molecular flexibility index (Phi) is 6.40. The smallest absolute Gasteiger partial charge is 0.403 e. The molecule has 31 heavy (non-hydrogen) atoms. The van der Waals surface area contributed by atoms with Crippen LogP contribution in [0.25, 0.3) is 11.2 Å². The summed E-state index contributed by atoms with van der Waals surface area (Å²) in [7, 11) is -3.05. The minimum atomic E-state index is -4.61. The van der Waals surface area contributed by atoms with Crippen LogP contribution < -0.4 is 16.1 Å². The number of fused-ring (bicyclic) bond motifs is 1. The summed E-state index contributed by atoms with van der Waals surface area (Å²) < 4.78 is 38.5. The summed E-state index contributed by atoms with van der Waals surface area (Å²) in [5.74, 6) is -1.28. The molecule has 1 aliphatic heterocycles. The highest BCUT2D eigenvalue weighted by Crippen LogP contribution is 2.47. The number of aliphatic hydroxyl groups is 1. The van der Waals surface area contributed by atoms with Crippen LogP contribution >= 0.6 is 19.3 Å². The van der Waals surface area contributed by atoms with Crippen LogP contribution in [0.5, 0.6) is 0 Å². The predicted octanol–water partition coefficient (Wildman–Crippen LogP) is -0.207. The molecule has 3 rings (SSSR count). The van der Waals surface area contributed by atoms with Gasteiger partial charge in [-0.25, -0.2) is 19.0 Å². The number of anilines is 2. The summed E-state index contributed by atoms with van der Waals surface area (Å²) >= 11 is 5.90. The van der Waals surface area contributed by atoms with Gasteiger partial charge in [-0.2, -0.15) is 9.97 Å². The van der Waals surface area contributed by atoms with Crippen molar-refractivity contribution in [2.24, 2.45) is 0 Å². The fourth-order valence-electron chi connectivity index (χ4n) is 2.90. The fraction of sp³-hybridized carbons (Fsp3) is 0.571. The number of rotatable bonds is 8. The Morgan fingerprint density at radius 1 is 1.58 bits per heavy atom. The number of hydrogen-bond acceptors (Lipinski definition) is 10. The van der Waals surface area contributed by atoms with Crippen molar-refractivity contribution in [3.8, 4) is 0 Å². The summed E-state index contributed by atoms with van der Waals surface area (Å²) in [6, 6.07) is -1.41. The van der Waals surface area contributed by atoms with Crippen LogP contribution in [0.3, 0.4) is 0 Å². The number of alkyl halides is 2. The molecule has 2 aromatic heterocycles. The fourth-order valence-corrected chi connectivity index (χ4v) is 4.22. The van der Waals surface area contributed by atoms with Crippen molar-refractivity contribution in [3.63, 3.8) is 0 Å². The second-order valence-corrected chi connectivity index (χ2v) is 8.79. The van der Waals surface area contributed by atoms with Gasteiger partial charge in [-0.3, -0.25) is 13.9 Å². The number of aliphatic carboxylic acids is 1. The number of aromatic nitrogens is 4. The van der Waals surface area contributed by atoms with E-state index >= 15 is 4.39 Å². The van der Waals surface area contributed by atoms with Gasteiger partial charge in [0, 0.05) is 7.05 Å². The first-order valence-corrected chi connectivity index (χ1v) is 10.7. The molecule has 0 spiro atoms. The van der Waals surface area contributed by atoms with E-state index in [1.807, 2.05) is 5.09 Å². The molecule has 14 nitrogen and oxygen atoms in total. The van der Waals surface area contributed by atoms with Crippen LogP contribution in [0, 0.1) is 0 Å². The molecule has 1 fully saturated rings. The van der Waals surface area contributed by atoms with Crippen molar-refractivity contribution in [3.05, 3.63) is 6.33 Å². The number of carboxylic acid groups (broad SMARTS) is 1. The van der Waals surface area contributed by atoms with Crippen molar-refractivity contribution in [2.75, 3.05) is 24.7 Å². The van der Waals surface area contributed by atoms with Crippen LogP contribution in [0.2, 0.25) is 0 Å². The van der Waals surface area contributed by atoms with E-state index in [0.717, 1.165) is 17.8 Å². The maximum atomic E-state index is 15.2. The Morgan fingerprint density at radius 2 is 2.26 bits per heavy atom. The van der Waals surface area contributed by atoms with E-state index in [1.165, 1.54) is 0 Å². The van der Waals surface area contributed by atoms with Crippen molar-refractivity contribution in [1.82, 2.24) is 24.6 Å². The monoisotopic (exact) mass is 483 g/mol. The summed E-state index contributed by atoms with van der Waals surface area (Å²) in [5.41, 5.74) is 5.95. The molecule has 2 aromatic rings. The molecule has 6 atom stereocenters. The lowest BCUT2D eigenvalue weighted by Crippen LogP contribution is -2.39. The van der Waals surface area contributed by atoms with Gasteiger partial charge in [-0.05, 0) is 6.92 Å². The molecule has 172 valence electrons. The number of aliphatic hydroxyl groups excluding tert-OH is 1. The summed E-state index contributed by atoms with van der Waals surface area (Å²) in [4.78, 5) is 32.6. The standard InChI is InChI=1S/C14H20ClFN7O7P/c1-5(11(25)26)22-31(27,28)29-3-6-8(24)14(15,16)12(30-6)23-4-19-7-9(18-2)20-13(17)21-10(7)23/h4-6,8,12,24H,3H2,1-2H3,(H,25,26)(H2,22,27,28)(H3,17,18,20,21)/t5-,6+,8+,12+,14+/m0/s1. The Labute approximate surface area is 179 Å². The minimum absolute atomic E-state index is 0.0584. The first-order valence-electron chi connectivity index (χ1n) is 8.74. The van der Waals surface area contributed by atoms with Crippen LogP contribution in [0.1, 0.15) is 13.2 Å². The molecular formula is C14H20ClFN7O7P. The molecule has 3 heterocycles. The van der Waals surface area contributed by atoms with Gasteiger partial charge in [0.25, 0.3) is 5.13 Å². The number of nitrogens with zero attached hydrogens (tertiary/aromatic N) is 4. The van der Waals surface area contributed by atoms with E-state index in [0.29, 0.717) is 0 Å². The molecule has 1 aliphatic rings. The number of carboxylic acids is 1. The van der Waals surface area contributed by atoms with Crippen molar-refractivity contribution < 1.29 is 38.1 Å². The highest BCUT2D eigenvalue weighted by Gasteiger charge is 2.58. The van der Waals surface area contributed by atoms with E-state index in [4.69, 9.17) is 31.7 Å². The summed E-state index contributed by atoms with van der Waals surface area (Å²) in [5, 5.41) is 20.8. The Morgan fingerprint density at radius 3 is 2.87 bits per heavy atom. The number of nitrogens with one attached hydrogen (secondary N) is 2. The highest BCUT2D eigenvalue weighted by molar-refractivity contribution is 7.50. The number of ether oxygens (including phenoxy) is 1. The van der Waals surface area contributed by atoms with Crippen LogP contribution in [0.4, 0.5) is 16.2 Å². The third-order valence-corrected chi connectivity index (χ3v) is 6.07. The zero-order valence-corrected chi connectivity index (χ0v) is 17.8. The van der Waals surface area contributed by atoms with Gasteiger partial charge in [0.15, 0.2) is 23.2 Å². The van der Waals surface area contributed by atoms with Crippen molar-refractivity contribution >= 4 is 48.2 Å². The van der Waals surface area contributed by atoms with E-state index < -0.39 is 49.9 Å². The van der Waals surface area contributed by atoms with Gasteiger partial charge < -0.3 is 30.9 Å². The van der Waals surface area contributed by atoms with E-state index in [9.17, 15) is 19.4 Å². The predicted molar refractivity (Wildman–Crippen MR) is 105 cm³/mol. The van der Waals surface area contributed by atoms with Gasteiger partial charge in [-0.15, -0.1) is 0 Å². The van der Waals surface area contributed by atoms with E-state index in [-0.39, 0.29) is 22.9 Å². The number of nitrogens with two attached hydrogens (primary N) is 1. The number of hydrogen-bond donors (Lipinski definition) is 6. The van der Waals surface area contributed by atoms with Crippen LogP contribution in [-0.2, 0) is 18.6 Å². The zero-order valence-electron chi connectivity index (χ0n) is 16.1. The zero-order chi connectivity index (χ0) is 23.1. The quantitative estimate of drug-likeness (QED) is 0.212. The molecule has 0 radical (unpaired) electrons. The maximum Gasteiger partial charge on any atom is 0.403 e. The van der Waals surface area contributed by atoms with Gasteiger partial charge in [-0.1, -0.05) is 11.6 Å². The van der Waals surface area contributed by atoms with Crippen LogP contribution in [-0.4, -0.2) is 77.6 Å². The Hall–Kier alpha value is -2.13. The molecule has 1 saturated heterocycles. The molecule has 0 amide bonds. The average Bonchev–Trinajstić information content (AvgIpc) is 3.18. The van der Waals surface area contributed by atoms with Gasteiger partial charge in [0.2, 0.25) is 5.95 Å².